The number of nitrogens with zero attached hydrogens (tertiary/aromatic N) is 4. The third-order valence-electron chi connectivity index (χ3n) is 4.85. The molecule has 3 aromatic rings. The lowest BCUT2D eigenvalue weighted by Crippen LogP contribution is -2.38. The number of nitrogens with one attached hydrogen (secondary N) is 1. The van der Waals surface area contributed by atoms with Gasteiger partial charge in [0.1, 0.15) is 22.7 Å². The van der Waals surface area contributed by atoms with E-state index in [0.717, 1.165) is 12.1 Å². The number of nitriles is 1. The monoisotopic (exact) mass is 531 g/mol. The van der Waals surface area contributed by atoms with Gasteiger partial charge in [0.05, 0.1) is 24.0 Å². The predicted molar refractivity (Wildman–Crippen MR) is 118 cm³/mol. The number of aromatic nitrogens is 4. The van der Waals surface area contributed by atoms with Crippen LogP contribution in [-0.2, 0) is 12.5 Å². The van der Waals surface area contributed by atoms with E-state index in [9.17, 15) is 32.4 Å². The van der Waals surface area contributed by atoms with Crippen LogP contribution in [0.5, 0.6) is 11.5 Å². The number of hydrogen-bond donors (Lipinski definition) is 1. The van der Waals surface area contributed by atoms with E-state index in [4.69, 9.17) is 27.9 Å². The summed E-state index contributed by atoms with van der Waals surface area (Å²) in [5.41, 5.74) is -3.58. The van der Waals surface area contributed by atoms with Crippen LogP contribution in [-0.4, -0.2) is 25.4 Å². The fourth-order valence-corrected chi connectivity index (χ4v) is 3.44. The standard InChI is InChI=1S/C21H15Cl2F4N5O3/c1-9-13(18(33)31-10(2)30-9)7-32-8-29-17(21(26,27)20(3,24)25)16(19(32)34)35-14-5-12(22)4-11(6-28)15(14)23/h4-5,8H,7H2,1-3H3,(H,30,31,33). The predicted octanol–water partition coefficient (Wildman–Crippen LogP) is 4.71. The second-order valence-electron chi connectivity index (χ2n) is 7.51. The molecule has 0 radical (unpaired) electrons. The first-order chi connectivity index (χ1) is 16.2. The van der Waals surface area contributed by atoms with Crippen molar-refractivity contribution in [2.24, 2.45) is 0 Å². The van der Waals surface area contributed by atoms with Gasteiger partial charge < -0.3 is 9.72 Å². The van der Waals surface area contributed by atoms with Gasteiger partial charge in [0.25, 0.3) is 11.1 Å². The normalized spacial score (nSPS) is 11.9. The van der Waals surface area contributed by atoms with Gasteiger partial charge in [0.15, 0.2) is 5.69 Å². The molecule has 0 saturated heterocycles. The minimum Gasteiger partial charge on any atom is -0.448 e. The smallest absolute Gasteiger partial charge is 0.355 e. The van der Waals surface area contributed by atoms with Gasteiger partial charge in [-0.1, -0.05) is 23.2 Å². The number of H-pyrrole nitrogens is 1. The number of rotatable bonds is 6. The molecule has 0 atom stereocenters. The zero-order valence-electron chi connectivity index (χ0n) is 18.2. The van der Waals surface area contributed by atoms with Crippen molar-refractivity contribution in [1.29, 1.82) is 5.26 Å². The highest BCUT2D eigenvalue weighted by Crippen LogP contribution is 2.45. The first kappa shape index (κ1) is 26.2. The molecule has 0 spiro atoms. The van der Waals surface area contributed by atoms with Gasteiger partial charge in [-0.2, -0.15) is 22.8 Å². The van der Waals surface area contributed by atoms with Crippen LogP contribution >= 0.6 is 23.2 Å². The molecule has 8 nitrogen and oxygen atoms in total. The van der Waals surface area contributed by atoms with Crippen LogP contribution in [0.1, 0.15) is 35.3 Å². The minimum absolute atomic E-state index is 0.00154. The largest absolute Gasteiger partial charge is 0.448 e. The van der Waals surface area contributed by atoms with Crippen LogP contribution in [0.2, 0.25) is 10.0 Å². The number of benzene rings is 1. The lowest BCUT2D eigenvalue weighted by molar-refractivity contribution is -0.207. The zero-order chi connectivity index (χ0) is 26.3. The number of ether oxygens (including phenoxy) is 1. The fourth-order valence-electron chi connectivity index (χ4n) is 3.04. The molecular formula is C21H15Cl2F4N5O3. The van der Waals surface area contributed by atoms with Crippen molar-refractivity contribution in [2.45, 2.75) is 39.2 Å². The van der Waals surface area contributed by atoms with Crippen LogP contribution in [0.25, 0.3) is 0 Å². The van der Waals surface area contributed by atoms with E-state index in [0.29, 0.717) is 16.7 Å². The molecule has 35 heavy (non-hydrogen) atoms. The molecular weight excluding hydrogens is 517 g/mol. The van der Waals surface area contributed by atoms with Gasteiger partial charge in [-0.25, -0.2) is 9.97 Å². The molecule has 0 aliphatic carbocycles. The summed E-state index contributed by atoms with van der Waals surface area (Å²) in [6, 6.07) is 3.85. The Bertz CT molecular complexity index is 1480. The van der Waals surface area contributed by atoms with Gasteiger partial charge in [0.2, 0.25) is 5.75 Å². The van der Waals surface area contributed by atoms with Gasteiger partial charge in [0, 0.05) is 23.7 Å². The van der Waals surface area contributed by atoms with Crippen LogP contribution in [0.3, 0.4) is 0 Å². The van der Waals surface area contributed by atoms with E-state index >= 15 is 0 Å². The maximum atomic E-state index is 14.6. The highest BCUT2D eigenvalue weighted by molar-refractivity contribution is 6.35. The molecule has 184 valence electrons. The van der Waals surface area contributed by atoms with E-state index in [1.807, 2.05) is 0 Å². The molecule has 3 rings (SSSR count). The van der Waals surface area contributed by atoms with Crippen LogP contribution in [0.15, 0.2) is 28.0 Å². The van der Waals surface area contributed by atoms with E-state index < -0.39 is 51.7 Å². The van der Waals surface area contributed by atoms with Crippen LogP contribution < -0.4 is 15.9 Å². The van der Waals surface area contributed by atoms with E-state index in [2.05, 4.69) is 15.0 Å². The van der Waals surface area contributed by atoms with E-state index in [1.54, 1.807) is 6.07 Å². The Kier molecular flexibility index (Phi) is 6.97. The third kappa shape index (κ3) is 5.01. The summed E-state index contributed by atoms with van der Waals surface area (Å²) >= 11 is 11.9. The Balaban J connectivity index is 2.26. The average molecular weight is 532 g/mol. The van der Waals surface area contributed by atoms with E-state index in [-0.39, 0.29) is 28.8 Å². The Morgan fingerprint density at radius 2 is 1.86 bits per heavy atom. The number of hydrogen-bond acceptors (Lipinski definition) is 6. The molecule has 0 amide bonds. The van der Waals surface area contributed by atoms with Crippen LogP contribution in [0.4, 0.5) is 17.6 Å². The number of aromatic amines is 1. The van der Waals surface area contributed by atoms with Crippen molar-refractivity contribution in [1.82, 2.24) is 19.5 Å². The summed E-state index contributed by atoms with van der Waals surface area (Å²) in [6.45, 7) is 2.48. The maximum absolute atomic E-state index is 14.6. The molecule has 0 saturated carbocycles. The van der Waals surface area contributed by atoms with E-state index in [1.165, 1.54) is 13.8 Å². The SMILES string of the molecule is Cc1nc(C)c(Cn2cnc(C(F)(F)C(C)(F)F)c(Oc3cc(Cl)cc(C#N)c3Cl)c2=O)c(=O)[nH]1. The lowest BCUT2D eigenvalue weighted by atomic mass is 10.1. The first-order valence-electron chi connectivity index (χ1n) is 9.66. The zero-order valence-corrected chi connectivity index (χ0v) is 19.7. The highest BCUT2D eigenvalue weighted by atomic mass is 35.5. The van der Waals surface area contributed by atoms with Crippen molar-refractivity contribution in [2.75, 3.05) is 0 Å². The molecule has 0 fully saturated rings. The molecule has 0 aliphatic rings. The lowest BCUT2D eigenvalue weighted by Gasteiger charge is -2.24. The summed E-state index contributed by atoms with van der Waals surface area (Å²) in [4.78, 5) is 35.4. The Labute approximate surface area is 204 Å². The Hall–Kier alpha value is -3.43. The summed E-state index contributed by atoms with van der Waals surface area (Å²) < 4.78 is 62.8. The molecule has 0 bridgehead atoms. The summed E-state index contributed by atoms with van der Waals surface area (Å²) in [5, 5.41) is 8.67. The Morgan fingerprint density at radius 1 is 1.20 bits per heavy atom. The van der Waals surface area contributed by atoms with Crippen molar-refractivity contribution < 1.29 is 22.3 Å². The number of alkyl halides is 4. The van der Waals surface area contributed by atoms with Crippen molar-refractivity contribution in [3.05, 3.63) is 77.6 Å². The highest BCUT2D eigenvalue weighted by Gasteiger charge is 2.57. The van der Waals surface area contributed by atoms with Gasteiger partial charge in [-0.15, -0.1) is 0 Å². The van der Waals surface area contributed by atoms with Crippen molar-refractivity contribution in [3.63, 3.8) is 0 Å². The van der Waals surface area contributed by atoms with Crippen LogP contribution in [0, 0.1) is 25.2 Å². The Morgan fingerprint density at radius 3 is 2.43 bits per heavy atom. The topological polar surface area (TPSA) is 114 Å². The van der Waals surface area contributed by atoms with Crippen molar-refractivity contribution in [3.8, 4) is 17.6 Å². The average Bonchev–Trinajstić information content (AvgIpc) is 2.74. The second kappa shape index (κ2) is 9.31. The molecule has 14 heteroatoms. The molecule has 1 N–H and O–H groups in total. The number of aryl methyl sites for hydroxylation is 2. The minimum atomic E-state index is -4.94. The van der Waals surface area contributed by atoms with Gasteiger partial charge >= 0.3 is 11.8 Å². The molecule has 2 heterocycles. The fraction of sp³-hybridized carbons (Fsp3) is 0.286. The molecule has 1 aromatic carbocycles. The van der Waals surface area contributed by atoms with Crippen molar-refractivity contribution >= 4 is 23.2 Å². The summed E-state index contributed by atoms with van der Waals surface area (Å²) in [5.74, 6) is -11.1. The summed E-state index contributed by atoms with van der Waals surface area (Å²) in [6.07, 6.45) is 0.587. The second-order valence-corrected chi connectivity index (χ2v) is 8.33. The molecule has 2 aromatic heterocycles. The number of halogens is 6. The quantitative estimate of drug-likeness (QED) is 0.460. The molecule has 0 aliphatic heterocycles. The van der Waals surface area contributed by atoms with Gasteiger partial charge in [-0.05, 0) is 19.9 Å². The van der Waals surface area contributed by atoms with Gasteiger partial charge in [-0.3, -0.25) is 14.2 Å². The summed E-state index contributed by atoms with van der Waals surface area (Å²) in [7, 11) is 0. The third-order valence-corrected chi connectivity index (χ3v) is 5.46. The molecule has 0 unspecified atom stereocenters. The first-order valence-corrected chi connectivity index (χ1v) is 10.4. The maximum Gasteiger partial charge on any atom is 0.355 e.